The summed E-state index contributed by atoms with van der Waals surface area (Å²) in [6.07, 6.45) is 0. The molecule has 13 aromatic rings. The van der Waals surface area contributed by atoms with Gasteiger partial charge in [-0.05, 0) is 134 Å². The third-order valence-electron chi connectivity index (χ3n) is 17.2. The van der Waals surface area contributed by atoms with Crippen molar-refractivity contribution in [2.75, 3.05) is 4.90 Å². The van der Waals surface area contributed by atoms with Gasteiger partial charge in [-0.25, -0.2) is 0 Å². The first-order valence-corrected chi connectivity index (χ1v) is 27.6. The van der Waals surface area contributed by atoms with Gasteiger partial charge in [0.15, 0.2) is 0 Å². The van der Waals surface area contributed by atoms with E-state index in [4.69, 9.17) is 9.47 Å². The second-order valence-electron chi connectivity index (χ2n) is 21.0. The monoisotopic (exact) mass is 1010 g/mol. The molecule has 2 aliphatic heterocycles. The van der Waals surface area contributed by atoms with Crippen molar-refractivity contribution >= 4 is 48.6 Å². The number of hydrogen-bond donors (Lipinski definition) is 0. The van der Waals surface area contributed by atoms with Gasteiger partial charge in [-0.3, -0.25) is 0 Å². The molecule has 364 valence electrons. The molecule has 1 aromatic heterocycles. The number of ether oxygens (including phenoxy) is 2. The molecule has 78 heavy (non-hydrogen) atoms. The fourth-order valence-corrected chi connectivity index (χ4v) is 15.2. The van der Waals surface area contributed by atoms with Crippen LogP contribution in [0.2, 0.25) is 0 Å². The van der Waals surface area contributed by atoms with Crippen LogP contribution in [0.1, 0.15) is 44.5 Å². The molecule has 4 aliphatic rings. The Balaban J connectivity index is 0.843. The first-order valence-electron chi connectivity index (χ1n) is 26.8. The van der Waals surface area contributed by atoms with Gasteiger partial charge in [0.25, 0.3) is 0 Å². The normalized spacial score (nSPS) is 14.1. The Morgan fingerprint density at radius 1 is 0.282 bits per heavy atom. The molecular weight excluding hydrogens is 967 g/mol. The molecule has 2 aliphatic carbocycles. The number of nitrogens with zero attached hydrogens (tertiary/aromatic N) is 1. The number of benzene rings is 12. The van der Waals surface area contributed by atoms with Gasteiger partial charge in [-0.2, -0.15) is 0 Å². The van der Waals surface area contributed by atoms with Gasteiger partial charge in [-0.1, -0.05) is 200 Å². The fraction of sp³-hybridized carbons (Fsp3) is 0.0270. The number of fused-ring (bicyclic) bond motifs is 21. The summed E-state index contributed by atoms with van der Waals surface area (Å²) in [6, 6.07) is 100. The van der Waals surface area contributed by atoms with Crippen molar-refractivity contribution < 1.29 is 9.47 Å². The molecule has 3 heterocycles. The topological polar surface area (TPSA) is 21.7 Å². The summed E-state index contributed by atoms with van der Waals surface area (Å²) < 4.78 is 16.0. The van der Waals surface area contributed by atoms with Crippen LogP contribution in [-0.2, 0) is 10.8 Å². The van der Waals surface area contributed by atoms with Crippen LogP contribution in [0.15, 0.2) is 273 Å². The Hall–Kier alpha value is -9.74. The Labute approximate surface area is 456 Å². The highest BCUT2D eigenvalue weighted by molar-refractivity contribution is 7.25. The van der Waals surface area contributed by atoms with Crippen LogP contribution in [0.4, 0.5) is 17.1 Å². The lowest BCUT2D eigenvalue weighted by Crippen LogP contribution is -2.32. The molecule has 0 fully saturated rings. The van der Waals surface area contributed by atoms with Gasteiger partial charge in [0.05, 0.1) is 16.5 Å². The maximum absolute atomic E-state index is 6.73. The fourth-order valence-electron chi connectivity index (χ4n) is 14.0. The molecule has 0 amide bonds. The highest BCUT2D eigenvalue weighted by Gasteiger charge is 2.53. The predicted octanol–water partition coefficient (Wildman–Crippen LogP) is 19.8. The van der Waals surface area contributed by atoms with Crippen LogP contribution in [0.3, 0.4) is 0 Å². The van der Waals surface area contributed by atoms with E-state index in [2.05, 4.69) is 278 Å². The molecule has 12 aromatic carbocycles. The molecule has 0 saturated heterocycles. The molecule has 0 radical (unpaired) electrons. The maximum atomic E-state index is 6.73. The van der Waals surface area contributed by atoms with Crippen molar-refractivity contribution in [3.8, 4) is 67.5 Å². The largest absolute Gasteiger partial charge is 0.457 e. The van der Waals surface area contributed by atoms with E-state index < -0.39 is 10.8 Å². The summed E-state index contributed by atoms with van der Waals surface area (Å²) in [6.45, 7) is 0. The quantitative estimate of drug-likeness (QED) is 0.171. The van der Waals surface area contributed by atoms with E-state index in [1.165, 1.54) is 75.8 Å². The Morgan fingerprint density at radius 2 is 0.705 bits per heavy atom. The third-order valence-corrected chi connectivity index (χ3v) is 18.4. The highest BCUT2D eigenvalue weighted by atomic mass is 32.1. The van der Waals surface area contributed by atoms with E-state index in [1.807, 2.05) is 11.3 Å². The Kier molecular flexibility index (Phi) is 9.14. The molecular formula is C74H45NO2S. The lowest BCUT2D eigenvalue weighted by molar-refractivity contribution is 0.436. The minimum atomic E-state index is -0.603. The maximum Gasteiger partial charge on any atom is 0.132 e. The molecule has 0 bridgehead atoms. The summed E-state index contributed by atoms with van der Waals surface area (Å²) in [5.41, 5.74) is 21.4. The van der Waals surface area contributed by atoms with Gasteiger partial charge < -0.3 is 14.4 Å². The molecule has 0 N–H and O–H groups in total. The van der Waals surface area contributed by atoms with Crippen LogP contribution in [0, 0.1) is 0 Å². The van der Waals surface area contributed by atoms with Gasteiger partial charge >= 0.3 is 0 Å². The smallest absolute Gasteiger partial charge is 0.132 e. The van der Waals surface area contributed by atoms with Crippen LogP contribution in [0.5, 0.6) is 23.0 Å². The number of hydrogen-bond acceptors (Lipinski definition) is 4. The average molecular weight is 1010 g/mol. The Morgan fingerprint density at radius 3 is 1.31 bits per heavy atom. The molecule has 4 heteroatoms. The third kappa shape index (κ3) is 5.87. The van der Waals surface area contributed by atoms with Crippen LogP contribution in [-0.4, -0.2) is 0 Å². The summed E-state index contributed by atoms with van der Waals surface area (Å²) in [5, 5.41) is 2.62. The minimum absolute atomic E-state index is 0.549. The van der Waals surface area contributed by atoms with Crippen molar-refractivity contribution in [3.05, 3.63) is 317 Å². The van der Waals surface area contributed by atoms with E-state index in [9.17, 15) is 0 Å². The summed E-state index contributed by atoms with van der Waals surface area (Å²) in [5.74, 6) is 3.55. The first kappa shape index (κ1) is 43.5. The zero-order chi connectivity index (χ0) is 51.1. The van der Waals surface area contributed by atoms with Crippen molar-refractivity contribution in [1.29, 1.82) is 0 Å². The molecule has 2 spiro atoms. The lowest BCUT2D eigenvalue weighted by atomic mass is 9.66. The van der Waals surface area contributed by atoms with Gasteiger partial charge in [0.2, 0.25) is 0 Å². The zero-order valence-corrected chi connectivity index (χ0v) is 43.0. The van der Waals surface area contributed by atoms with E-state index >= 15 is 0 Å². The number of para-hydroxylation sites is 4. The molecule has 0 unspecified atom stereocenters. The summed E-state index contributed by atoms with van der Waals surface area (Å²) in [7, 11) is 0. The van der Waals surface area contributed by atoms with Crippen molar-refractivity contribution in [1.82, 2.24) is 0 Å². The molecule has 0 atom stereocenters. The van der Waals surface area contributed by atoms with Crippen LogP contribution >= 0.6 is 11.3 Å². The standard InChI is InChI=1S/C74H45NO2S/c1-4-19-57-52(16-1)53-42-36-48(44-64(53)74(57)61-23-8-12-29-68(61)77-69-30-13-9-24-62(69)74)46-32-38-50(39-33-46)75(51-40-34-47(35-41-51)49-37-43-55-54-17-3-14-31-70(54)78-71(55)45-49)65-26-15-25-63-72(65)56-18-2-5-20-58(56)73(63)59-21-6-10-27-66(59)76-67-28-11-7-22-60(67)73/h1-45H. The van der Waals surface area contributed by atoms with Crippen LogP contribution in [0.25, 0.3) is 64.7 Å². The Bertz CT molecular complexity index is 4550. The second kappa shape index (κ2) is 16.4. The molecule has 0 saturated carbocycles. The minimum Gasteiger partial charge on any atom is -0.457 e. The predicted molar refractivity (Wildman–Crippen MR) is 320 cm³/mol. The van der Waals surface area contributed by atoms with Crippen molar-refractivity contribution in [2.45, 2.75) is 10.8 Å². The van der Waals surface area contributed by atoms with Crippen molar-refractivity contribution in [3.63, 3.8) is 0 Å². The average Bonchev–Trinajstić information content (AvgIpc) is 3.71. The second-order valence-corrected chi connectivity index (χ2v) is 22.1. The molecule has 3 nitrogen and oxygen atoms in total. The highest BCUT2D eigenvalue weighted by Crippen LogP contribution is 2.65. The summed E-state index contributed by atoms with van der Waals surface area (Å²) >= 11 is 1.86. The van der Waals surface area contributed by atoms with E-state index in [1.54, 1.807) is 0 Å². The van der Waals surface area contributed by atoms with E-state index in [0.29, 0.717) is 0 Å². The summed E-state index contributed by atoms with van der Waals surface area (Å²) in [4.78, 5) is 2.47. The SMILES string of the molecule is c1ccc2c(c1)Oc1ccccc1C21c2ccccc2-c2ccc(-c3ccc(N(c4ccc(-c5ccc6c(c5)sc5ccccc56)cc4)c4cccc5c4-c4ccccc4C54c5ccccc5Oc5ccccc54)cc3)cc21. The number of thiophene rings is 1. The zero-order valence-electron chi connectivity index (χ0n) is 42.2. The van der Waals surface area contributed by atoms with Crippen molar-refractivity contribution in [2.24, 2.45) is 0 Å². The van der Waals surface area contributed by atoms with Gasteiger partial charge in [0, 0.05) is 59.4 Å². The lowest BCUT2D eigenvalue weighted by Gasteiger charge is -2.39. The first-order chi connectivity index (χ1) is 38.7. The van der Waals surface area contributed by atoms with Gasteiger partial charge in [-0.15, -0.1) is 11.3 Å². The number of anilines is 3. The van der Waals surface area contributed by atoms with Crippen LogP contribution < -0.4 is 14.4 Å². The number of rotatable bonds is 5. The van der Waals surface area contributed by atoms with Gasteiger partial charge in [0.1, 0.15) is 23.0 Å². The van der Waals surface area contributed by atoms with E-state index in [0.717, 1.165) is 73.4 Å². The molecule has 17 rings (SSSR count). The van der Waals surface area contributed by atoms with E-state index in [-0.39, 0.29) is 0 Å².